The van der Waals surface area contributed by atoms with E-state index in [4.69, 9.17) is 10.8 Å². The molecule has 0 aromatic heterocycles. The number of hydrazine groups is 1. The molecule has 0 saturated heterocycles. The summed E-state index contributed by atoms with van der Waals surface area (Å²) < 4.78 is 0. The van der Waals surface area contributed by atoms with E-state index in [1.54, 1.807) is 18.2 Å². The van der Waals surface area contributed by atoms with E-state index >= 15 is 0 Å². The molecular formula is C8H11N3O3. The number of anilines is 2. The Kier molecular flexibility index (Phi) is 3.24. The van der Waals surface area contributed by atoms with Gasteiger partial charge in [0.15, 0.2) is 5.03 Å². The topological polar surface area (TPSA) is 92.6 Å². The third-order valence-electron chi connectivity index (χ3n) is 1.68. The van der Waals surface area contributed by atoms with E-state index in [9.17, 15) is 10.1 Å². The second kappa shape index (κ2) is 4.43. The monoisotopic (exact) mass is 197 g/mol. The first-order valence-corrected chi connectivity index (χ1v) is 4.03. The molecule has 76 valence electrons. The summed E-state index contributed by atoms with van der Waals surface area (Å²) in [5.41, 5.74) is 6.30. The fraction of sp³-hybridized carbons (Fsp3) is 0.250. The van der Waals surface area contributed by atoms with Gasteiger partial charge >= 0.3 is 0 Å². The molecule has 0 heterocycles. The highest BCUT2D eigenvalue weighted by Crippen LogP contribution is 2.16. The van der Waals surface area contributed by atoms with Gasteiger partial charge in [0.05, 0.1) is 6.61 Å². The van der Waals surface area contributed by atoms with Crippen LogP contribution in [0.15, 0.2) is 24.3 Å². The van der Waals surface area contributed by atoms with Crippen LogP contribution in [0.2, 0.25) is 0 Å². The molecule has 0 aliphatic heterocycles. The first-order valence-electron chi connectivity index (χ1n) is 4.03. The summed E-state index contributed by atoms with van der Waals surface area (Å²) in [5, 5.41) is 19.5. The van der Waals surface area contributed by atoms with Crippen molar-refractivity contribution in [3.05, 3.63) is 34.4 Å². The van der Waals surface area contributed by atoms with E-state index in [0.29, 0.717) is 11.4 Å². The third-order valence-corrected chi connectivity index (χ3v) is 1.68. The molecular weight excluding hydrogens is 186 g/mol. The maximum absolute atomic E-state index is 10.6. The van der Waals surface area contributed by atoms with Crippen molar-refractivity contribution in [1.82, 2.24) is 0 Å². The zero-order chi connectivity index (χ0) is 10.6. The van der Waals surface area contributed by atoms with Gasteiger partial charge in [-0.05, 0) is 18.2 Å². The minimum absolute atomic E-state index is 0.0591. The molecule has 3 N–H and O–H groups in total. The fourth-order valence-electron chi connectivity index (χ4n) is 1.09. The zero-order valence-electron chi connectivity index (χ0n) is 7.46. The summed E-state index contributed by atoms with van der Waals surface area (Å²) in [6.45, 7) is -0.341. The van der Waals surface area contributed by atoms with Crippen LogP contribution in [0.25, 0.3) is 0 Å². The van der Waals surface area contributed by atoms with Crippen molar-refractivity contribution >= 4 is 11.4 Å². The van der Waals surface area contributed by atoms with Gasteiger partial charge in [-0.2, -0.15) is 0 Å². The SMILES string of the molecule is Nc1cccc(N(CCO)[N+](=O)[O-])c1. The van der Waals surface area contributed by atoms with E-state index in [1.807, 2.05) is 0 Å². The van der Waals surface area contributed by atoms with Crippen molar-refractivity contribution in [1.29, 1.82) is 0 Å². The molecule has 1 rings (SSSR count). The van der Waals surface area contributed by atoms with Crippen LogP contribution in [-0.2, 0) is 0 Å². The molecule has 0 radical (unpaired) electrons. The van der Waals surface area contributed by atoms with Crippen molar-refractivity contribution in [2.24, 2.45) is 0 Å². The number of rotatable bonds is 4. The second-order valence-corrected chi connectivity index (χ2v) is 2.68. The van der Waals surface area contributed by atoms with Gasteiger partial charge in [-0.25, -0.2) is 10.1 Å². The maximum Gasteiger partial charge on any atom is 0.165 e. The number of hydrogen-bond donors (Lipinski definition) is 2. The van der Waals surface area contributed by atoms with Gasteiger partial charge in [-0.1, -0.05) is 11.1 Å². The molecule has 0 aliphatic rings. The van der Waals surface area contributed by atoms with Gasteiger partial charge in [0.1, 0.15) is 12.2 Å². The van der Waals surface area contributed by atoms with Gasteiger partial charge in [-0.15, -0.1) is 0 Å². The lowest BCUT2D eigenvalue weighted by Crippen LogP contribution is -2.32. The zero-order valence-corrected chi connectivity index (χ0v) is 7.46. The molecule has 0 spiro atoms. The average molecular weight is 197 g/mol. The number of nitrogens with zero attached hydrogens (tertiary/aromatic N) is 2. The lowest BCUT2D eigenvalue weighted by molar-refractivity contribution is -0.495. The largest absolute Gasteiger partial charge is 0.399 e. The Morgan fingerprint density at radius 3 is 2.79 bits per heavy atom. The highest BCUT2D eigenvalue weighted by Gasteiger charge is 2.15. The lowest BCUT2D eigenvalue weighted by Gasteiger charge is -2.12. The molecule has 0 atom stereocenters. The predicted molar refractivity (Wildman–Crippen MR) is 52.3 cm³/mol. The molecule has 0 amide bonds. The Hall–Kier alpha value is -1.82. The number of benzene rings is 1. The van der Waals surface area contributed by atoms with Crippen molar-refractivity contribution in [2.45, 2.75) is 0 Å². The van der Waals surface area contributed by atoms with Crippen LogP contribution in [0.1, 0.15) is 0 Å². The van der Waals surface area contributed by atoms with Crippen LogP contribution in [0.4, 0.5) is 11.4 Å². The minimum atomic E-state index is -0.578. The van der Waals surface area contributed by atoms with Crippen molar-refractivity contribution in [2.75, 3.05) is 23.9 Å². The molecule has 0 bridgehead atoms. The van der Waals surface area contributed by atoms with E-state index < -0.39 is 5.03 Å². The number of nitro groups is 1. The van der Waals surface area contributed by atoms with E-state index in [1.165, 1.54) is 6.07 Å². The highest BCUT2D eigenvalue weighted by atomic mass is 16.7. The molecule has 14 heavy (non-hydrogen) atoms. The number of aliphatic hydroxyl groups is 1. The van der Waals surface area contributed by atoms with Crippen molar-refractivity contribution < 1.29 is 10.1 Å². The summed E-state index contributed by atoms with van der Waals surface area (Å²) in [6, 6.07) is 6.31. The molecule has 1 aromatic carbocycles. The maximum atomic E-state index is 10.6. The fourth-order valence-corrected chi connectivity index (χ4v) is 1.09. The van der Waals surface area contributed by atoms with E-state index in [2.05, 4.69) is 0 Å². The molecule has 6 heteroatoms. The summed E-state index contributed by atoms with van der Waals surface area (Å²) >= 11 is 0. The Morgan fingerprint density at radius 1 is 1.57 bits per heavy atom. The van der Waals surface area contributed by atoms with Gasteiger partial charge in [0.2, 0.25) is 0 Å². The summed E-state index contributed by atoms with van der Waals surface area (Å²) in [6.07, 6.45) is 0. The lowest BCUT2D eigenvalue weighted by atomic mass is 10.3. The Balaban J connectivity index is 2.93. The van der Waals surface area contributed by atoms with Gasteiger partial charge < -0.3 is 10.8 Å². The minimum Gasteiger partial charge on any atom is -0.399 e. The first-order chi connectivity index (χ1) is 6.65. The second-order valence-electron chi connectivity index (χ2n) is 2.68. The molecule has 1 aromatic rings. The van der Waals surface area contributed by atoms with E-state index in [0.717, 1.165) is 5.01 Å². The van der Waals surface area contributed by atoms with Crippen LogP contribution < -0.4 is 10.7 Å². The standard InChI is InChI=1S/C8H11N3O3/c9-7-2-1-3-8(6-7)10(4-5-12)11(13)14/h1-3,6,12H,4-5,9H2. The molecule has 0 saturated carbocycles. The van der Waals surface area contributed by atoms with E-state index in [-0.39, 0.29) is 13.2 Å². The van der Waals surface area contributed by atoms with Crippen LogP contribution in [0.3, 0.4) is 0 Å². The molecule has 0 aliphatic carbocycles. The predicted octanol–water partition coefficient (Wildman–Crippen LogP) is 0.259. The molecule has 6 nitrogen and oxygen atoms in total. The number of nitrogen functional groups attached to an aromatic ring is 1. The number of nitrogens with two attached hydrogens (primary N) is 1. The van der Waals surface area contributed by atoms with Gasteiger partial charge in [0.25, 0.3) is 0 Å². The van der Waals surface area contributed by atoms with Crippen LogP contribution in [0, 0.1) is 10.1 Å². The van der Waals surface area contributed by atoms with Gasteiger partial charge in [0, 0.05) is 5.69 Å². The summed E-state index contributed by atoms with van der Waals surface area (Å²) in [7, 11) is 0. The van der Waals surface area contributed by atoms with Crippen LogP contribution in [0.5, 0.6) is 0 Å². The van der Waals surface area contributed by atoms with Gasteiger partial charge in [-0.3, -0.25) is 0 Å². The number of hydrogen-bond acceptors (Lipinski definition) is 4. The summed E-state index contributed by atoms with van der Waals surface area (Å²) in [5.74, 6) is 0. The Morgan fingerprint density at radius 2 is 2.29 bits per heavy atom. The quantitative estimate of drug-likeness (QED) is 0.410. The third kappa shape index (κ3) is 2.33. The Labute approximate surface area is 80.7 Å². The van der Waals surface area contributed by atoms with Crippen LogP contribution >= 0.6 is 0 Å². The Bertz CT molecular complexity index is 329. The molecule has 0 unspecified atom stereocenters. The van der Waals surface area contributed by atoms with Crippen molar-refractivity contribution in [3.8, 4) is 0 Å². The average Bonchev–Trinajstić information content (AvgIpc) is 2.13. The normalized spacial score (nSPS) is 9.79. The number of aliphatic hydroxyl groups excluding tert-OH is 1. The highest BCUT2D eigenvalue weighted by molar-refractivity contribution is 5.54. The van der Waals surface area contributed by atoms with Crippen molar-refractivity contribution in [3.63, 3.8) is 0 Å². The first kappa shape index (κ1) is 10.3. The molecule has 0 fully saturated rings. The smallest absolute Gasteiger partial charge is 0.165 e. The van der Waals surface area contributed by atoms with Crippen LogP contribution in [-0.4, -0.2) is 23.3 Å². The summed E-state index contributed by atoms with van der Waals surface area (Å²) in [4.78, 5) is 10.6.